The van der Waals surface area contributed by atoms with E-state index in [1.54, 1.807) is 12.1 Å². The summed E-state index contributed by atoms with van der Waals surface area (Å²) >= 11 is 0. The van der Waals surface area contributed by atoms with Crippen molar-refractivity contribution < 1.29 is 23.7 Å². The molecule has 2 aromatic rings. The predicted octanol–water partition coefficient (Wildman–Crippen LogP) is 5.50. The average Bonchev–Trinajstić information content (AvgIpc) is 3.24. The summed E-state index contributed by atoms with van der Waals surface area (Å²) in [5, 5.41) is 20.4. The molecule has 33 heavy (non-hydrogen) atoms. The van der Waals surface area contributed by atoms with E-state index in [0.29, 0.717) is 25.1 Å². The van der Waals surface area contributed by atoms with Crippen LogP contribution in [0.5, 0.6) is 0 Å². The van der Waals surface area contributed by atoms with Gasteiger partial charge in [-0.25, -0.2) is 8.78 Å². The van der Waals surface area contributed by atoms with E-state index in [1.807, 2.05) is 38.1 Å². The first-order valence-corrected chi connectivity index (χ1v) is 11.8. The summed E-state index contributed by atoms with van der Waals surface area (Å²) in [5.41, 5.74) is 2.95. The Bertz CT molecular complexity index is 933. The number of halogens is 2. The molecule has 4 nitrogen and oxygen atoms in total. The standard InChI is InChI=1S/C27H35F2NO3/c1-3-23(31)12-11-21-7-4-5-9-25(21)19(2)33-18-24(32)17-30-14-6-8-22(30)15-20-10-13-26(28)27(29)16-20/h3-5,7,9-10,13,16,19,22,24,31-32H,6,8,11-12,14-15,17-18H2,1-2H3/t19-,22+,24-/m1/s1. The zero-order valence-electron chi connectivity index (χ0n) is 19.5. The van der Waals surface area contributed by atoms with Crippen molar-refractivity contribution in [2.24, 2.45) is 0 Å². The molecule has 3 rings (SSSR count). The summed E-state index contributed by atoms with van der Waals surface area (Å²) < 4.78 is 32.8. The summed E-state index contributed by atoms with van der Waals surface area (Å²) in [4.78, 5) is 2.22. The average molecular weight is 460 g/mol. The van der Waals surface area contributed by atoms with Gasteiger partial charge in [-0.3, -0.25) is 4.90 Å². The number of benzene rings is 2. The number of allylic oxidation sites excluding steroid dienone is 2. The normalized spacial score (nSPS) is 19.1. The van der Waals surface area contributed by atoms with Crippen LogP contribution < -0.4 is 0 Å². The minimum Gasteiger partial charge on any atom is -0.513 e. The van der Waals surface area contributed by atoms with E-state index in [4.69, 9.17) is 4.74 Å². The van der Waals surface area contributed by atoms with Crippen molar-refractivity contribution in [3.05, 3.63) is 82.6 Å². The third-order valence-corrected chi connectivity index (χ3v) is 6.42. The zero-order chi connectivity index (χ0) is 23.8. The zero-order valence-corrected chi connectivity index (χ0v) is 19.5. The Labute approximate surface area is 195 Å². The summed E-state index contributed by atoms with van der Waals surface area (Å²) in [6, 6.07) is 12.3. The van der Waals surface area contributed by atoms with Crippen LogP contribution in [0.4, 0.5) is 8.78 Å². The number of rotatable bonds is 11. The molecule has 1 heterocycles. The van der Waals surface area contributed by atoms with Gasteiger partial charge in [0.05, 0.1) is 24.6 Å². The first-order chi connectivity index (χ1) is 15.9. The third kappa shape index (κ3) is 7.36. The fourth-order valence-corrected chi connectivity index (χ4v) is 4.54. The van der Waals surface area contributed by atoms with Gasteiger partial charge in [-0.05, 0) is 81.0 Å². The number of β-amino-alcohol motifs (C(OH)–C–C–N with tert-alkyl or cyclic N) is 1. The van der Waals surface area contributed by atoms with Crippen LogP contribution in [-0.4, -0.2) is 47.0 Å². The molecule has 2 N–H and O–H groups in total. The Kier molecular flexibility index (Phi) is 9.41. The monoisotopic (exact) mass is 459 g/mol. The lowest BCUT2D eigenvalue weighted by molar-refractivity contribution is -0.0173. The highest BCUT2D eigenvalue weighted by molar-refractivity contribution is 5.29. The molecule has 0 bridgehead atoms. The third-order valence-electron chi connectivity index (χ3n) is 6.42. The molecule has 1 aliphatic rings. The number of aliphatic hydroxyl groups is 2. The molecule has 6 heteroatoms. The van der Waals surface area contributed by atoms with Gasteiger partial charge >= 0.3 is 0 Å². The van der Waals surface area contributed by atoms with E-state index in [1.165, 1.54) is 12.1 Å². The number of nitrogens with zero attached hydrogens (tertiary/aromatic N) is 1. The number of hydrogen-bond donors (Lipinski definition) is 2. The first-order valence-electron chi connectivity index (χ1n) is 11.8. The van der Waals surface area contributed by atoms with Gasteiger partial charge < -0.3 is 14.9 Å². The van der Waals surface area contributed by atoms with Gasteiger partial charge in [-0.1, -0.05) is 30.3 Å². The second kappa shape index (κ2) is 12.3. The maximum absolute atomic E-state index is 13.6. The molecular formula is C27H35F2NO3. The van der Waals surface area contributed by atoms with Crippen molar-refractivity contribution in [2.45, 2.75) is 64.2 Å². The molecule has 1 fully saturated rings. The van der Waals surface area contributed by atoms with Gasteiger partial charge in [0.15, 0.2) is 11.6 Å². The molecule has 0 radical (unpaired) electrons. The second-order valence-corrected chi connectivity index (χ2v) is 8.85. The maximum atomic E-state index is 13.6. The van der Waals surface area contributed by atoms with Crippen LogP contribution in [0.3, 0.4) is 0 Å². The molecule has 1 saturated heterocycles. The van der Waals surface area contributed by atoms with E-state index < -0.39 is 17.7 Å². The van der Waals surface area contributed by atoms with Crippen LogP contribution in [0.2, 0.25) is 0 Å². The SMILES string of the molecule is CC=C(O)CCc1ccccc1[C@@H](C)OC[C@H](O)CN1CCC[C@H]1Cc1ccc(F)c(F)c1. The van der Waals surface area contributed by atoms with Gasteiger partial charge in [0.25, 0.3) is 0 Å². The molecule has 1 aliphatic heterocycles. The quantitative estimate of drug-likeness (QED) is 0.436. The van der Waals surface area contributed by atoms with E-state index in [0.717, 1.165) is 42.5 Å². The van der Waals surface area contributed by atoms with Crippen molar-refractivity contribution in [3.8, 4) is 0 Å². The molecular weight excluding hydrogens is 424 g/mol. The lowest BCUT2D eigenvalue weighted by atomic mass is 9.99. The number of hydrogen-bond acceptors (Lipinski definition) is 4. The molecule has 0 spiro atoms. The maximum Gasteiger partial charge on any atom is 0.159 e. The lowest BCUT2D eigenvalue weighted by Crippen LogP contribution is -2.39. The summed E-state index contributed by atoms with van der Waals surface area (Å²) in [5.74, 6) is -1.28. The fourth-order valence-electron chi connectivity index (χ4n) is 4.54. The van der Waals surface area contributed by atoms with Crippen LogP contribution in [0.15, 0.2) is 54.3 Å². The van der Waals surface area contributed by atoms with Crippen molar-refractivity contribution in [2.75, 3.05) is 19.7 Å². The Balaban J connectivity index is 1.51. The summed E-state index contributed by atoms with van der Waals surface area (Å²) in [7, 11) is 0. The van der Waals surface area contributed by atoms with Crippen LogP contribution in [0.25, 0.3) is 0 Å². The Morgan fingerprint density at radius 1 is 1.21 bits per heavy atom. The molecule has 0 amide bonds. The topological polar surface area (TPSA) is 52.9 Å². The highest BCUT2D eigenvalue weighted by Gasteiger charge is 2.27. The first kappa shape index (κ1) is 25.3. The summed E-state index contributed by atoms with van der Waals surface area (Å²) in [6.45, 7) is 5.36. The van der Waals surface area contributed by atoms with Crippen LogP contribution >= 0.6 is 0 Å². The smallest absolute Gasteiger partial charge is 0.159 e. The van der Waals surface area contributed by atoms with Gasteiger partial charge in [0.2, 0.25) is 0 Å². The largest absolute Gasteiger partial charge is 0.513 e. The Morgan fingerprint density at radius 3 is 2.76 bits per heavy atom. The highest BCUT2D eigenvalue weighted by Crippen LogP contribution is 2.25. The number of aryl methyl sites for hydroxylation is 1. The fraction of sp³-hybridized carbons (Fsp3) is 0.481. The molecule has 0 unspecified atom stereocenters. The van der Waals surface area contributed by atoms with Crippen LogP contribution in [0, 0.1) is 11.6 Å². The molecule has 180 valence electrons. The van der Waals surface area contributed by atoms with E-state index in [-0.39, 0.29) is 18.8 Å². The molecule has 0 aliphatic carbocycles. The molecule has 2 aromatic carbocycles. The van der Waals surface area contributed by atoms with Crippen LogP contribution in [-0.2, 0) is 17.6 Å². The predicted molar refractivity (Wildman–Crippen MR) is 126 cm³/mol. The Hall–Kier alpha value is -2.28. The molecule has 0 saturated carbocycles. The van der Waals surface area contributed by atoms with Crippen molar-refractivity contribution in [3.63, 3.8) is 0 Å². The Morgan fingerprint density at radius 2 is 2.00 bits per heavy atom. The molecule has 3 atom stereocenters. The lowest BCUT2D eigenvalue weighted by Gasteiger charge is -2.27. The minimum absolute atomic E-state index is 0.180. The van der Waals surface area contributed by atoms with E-state index in [2.05, 4.69) is 4.90 Å². The second-order valence-electron chi connectivity index (χ2n) is 8.85. The van der Waals surface area contributed by atoms with Gasteiger partial charge in [-0.2, -0.15) is 0 Å². The van der Waals surface area contributed by atoms with Crippen molar-refractivity contribution in [1.82, 2.24) is 4.90 Å². The van der Waals surface area contributed by atoms with Gasteiger partial charge in [-0.15, -0.1) is 0 Å². The number of likely N-dealkylation sites (tertiary alicyclic amines) is 1. The number of ether oxygens (including phenoxy) is 1. The van der Waals surface area contributed by atoms with Crippen molar-refractivity contribution >= 4 is 0 Å². The summed E-state index contributed by atoms with van der Waals surface area (Å²) in [6.07, 6.45) is 4.81. The molecule has 0 aromatic heterocycles. The minimum atomic E-state index is -0.830. The van der Waals surface area contributed by atoms with Gasteiger partial charge in [0, 0.05) is 19.0 Å². The van der Waals surface area contributed by atoms with E-state index in [9.17, 15) is 19.0 Å². The number of aliphatic hydroxyl groups excluding tert-OH is 2. The van der Waals surface area contributed by atoms with E-state index >= 15 is 0 Å². The van der Waals surface area contributed by atoms with Gasteiger partial charge in [0.1, 0.15) is 0 Å². The van der Waals surface area contributed by atoms with Crippen molar-refractivity contribution in [1.29, 1.82) is 0 Å². The van der Waals surface area contributed by atoms with Crippen LogP contribution in [0.1, 0.15) is 55.9 Å². The highest BCUT2D eigenvalue weighted by atomic mass is 19.2.